The van der Waals surface area contributed by atoms with E-state index >= 15 is 0 Å². The molecule has 0 atom stereocenters. The molecule has 0 radical (unpaired) electrons. The Kier molecular flexibility index (Phi) is 4.20. The van der Waals surface area contributed by atoms with Gasteiger partial charge in [0.2, 0.25) is 0 Å². The van der Waals surface area contributed by atoms with Crippen molar-refractivity contribution in [3.8, 4) is 6.07 Å². The van der Waals surface area contributed by atoms with E-state index in [0.29, 0.717) is 16.3 Å². The van der Waals surface area contributed by atoms with E-state index in [2.05, 4.69) is 15.9 Å². The summed E-state index contributed by atoms with van der Waals surface area (Å²) in [4.78, 5) is 22.4. The maximum Gasteiger partial charge on any atom is 0.338 e. The minimum Gasteiger partial charge on any atom is -0.462 e. The lowest BCUT2D eigenvalue weighted by Gasteiger charge is -2.06. The van der Waals surface area contributed by atoms with Gasteiger partial charge in [-0.15, -0.1) is 0 Å². The fourth-order valence-corrected chi connectivity index (χ4v) is 1.71. The quantitative estimate of drug-likeness (QED) is 0.630. The molecular formula is C11H8BrNO3. The fraction of sp³-hybridized carbons (Fsp3) is 0.182. The number of hydrogen-bond donors (Lipinski definition) is 0. The Labute approximate surface area is 101 Å². The van der Waals surface area contributed by atoms with Crippen molar-refractivity contribution in [2.75, 3.05) is 6.61 Å². The molecule has 1 aromatic rings. The SMILES string of the molecule is CCOC(=O)c1ccc(C#N)c(Br)c1C=O. The van der Waals surface area contributed by atoms with E-state index in [4.69, 9.17) is 10.00 Å². The highest BCUT2D eigenvalue weighted by Gasteiger charge is 2.17. The summed E-state index contributed by atoms with van der Waals surface area (Å²) in [5.41, 5.74) is 0.593. The third kappa shape index (κ3) is 2.28. The summed E-state index contributed by atoms with van der Waals surface area (Å²) in [5, 5.41) is 8.76. The van der Waals surface area contributed by atoms with E-state index < -0.39 is 5.97 Å². The number of aldehydes is 1. The lowest BCUT2D eigenvalue weighted by Crippen LogP contribution is -2.09. The molecule has 0 aliphatic carbocycles. The van der Waals surface area contributed by atoms with Crippen molar-refractivity contribution in [3.63, 3.8) is 0 Å². The van der Waals surface area contributed by atoms with Crippen LogP contribution in [-0.2, 0) is 4.74 Å². The molecule has 0 saturated heterocycles. The van der Waals surface area contributed by atoms with Crippen LogP contribution in [0.3, 0.4) is 0 Å². The van der Waals surface area contributed by atoms with Gasteiger partial charge in [-0.3, -0.25) is 4.79 Å². The van der Waals surface area contributed by atoms with Gasteiger partial charge in [0.25, 0.3) is 0 Å². The van der Waals surface area contributed by atoms with Gasteiger partial charge in [-0.2, -0.15) is 5.26 Å². The summed E-state index contributed by atoms with van der Waals surface area (Å²) in [6, 6.07) is 4.78. The number of carbonyl (C=O) groups excluding carboxylic acids is 2. The Bertz CT molecular complexity index is 477. The summed E-state index contributed by atoms with van der Waals surface area (Å²) < 4.78 is 5.11. The van der Waals surface area contributed by atoms with Gasteiger partial charge in [0.1, 0.15) is 6.07 Å². The molecule has 0 amide bonds. The molecule has 0 fully saturated rings. The number of hydrogen-bond acceptors (Lipinski definition) is 4. The molecule has 0 bridgehead atoms. The van der Waals surface area contributed by atoms with Gasteiger partial charge in [0.15, 0.2) is 6.29 Å². The second kappa shape index (κ2) is 5.42. The minimum absolute atomic E-state index is 0.137. The van der Waals surface area contributed by atoms with Crippen molar-refractivity contribution >= 4 is 28.2 Å². The first-order valence-corrected chi connectivity index (χ1v) is 5.29. The lowest BCUT2D eigenvalue weighted by molar-refractivity contribution is 0.0524. The zero-order chi connectivity index (χ0) is 12.1. The first kappa shape index (κ1) is 12.4. The van der Waals surface area contributed by atoms with E-state index in [-0.39, 0.29) is 17.7 Å². The number of halogens is 1. The number of carbonyl (C=O) groups is 2. The molecule has 0 aliphatic rings. The van der Waals surface area contributed by atoms with Crippen LogP contribution in [0.25, 0.3) is 0 Å². The average Bonchev–Trinajstić information content (AvgIpc) is 2.28. The number of nitriles is 1. The van der Waals surface area contributed by atoms with Crippen LogP contribution in [-0.4, -0.2) is 18.9 Å². The van der Waals surface area contributed by atoms with Crippen molar-refractivity contribution in [1.82, 2.24) is 0 Å². The molecule has 4 nitrogen and oxygen atoms in total. The van der Waals surface area contributed by atoms with Crippen LogP contribution in [0.2, 0.25) is 0 Å². The van der Waals surface area contributed by atoms with Gasteiger partial charge in [-0.05, 0) is 35.0 Å². The first-order valence-electron chi connectivity index (χ1n) is 4.50. The molecule has 1 rings (SSSR count). The highest BCUT2D eigenvalue weighted by Crippen LogP contribution is 2.24. The number of rotatable bonds is 3. The Hall–Kier alpha value is -1.67. The largest absolute Gasteiger partial charge is 0.462 e. The summed E-state index contributed by atoms with van der Waals surface area (Å²) in [7, 11) is 0. The normalized spacial score (nSPS) is 9.31. The van der Waals surface area contributed by atoms with E-state index in [9.17, 15) is 9.59 Å². The van der Waals surface area contributed by atoms with Crippen molar-refractivity contribution in [2.24, 2.45) is 0 Å². The van der Waals surface area contributed by atoms with Crippen molar-refractivity contribution < 1.29 is 14.3 Å². The molecule has 16 heavy (non-hydrogen) atoms. The predicted octanol–water partition coefficient (Wildman–Crippen LogP) is 2.31. The molecule has 0 aromatic heterocycles. The van der Waals surface area contributed by atoms with Crippen LogP contribution in [0.4, 0.5) is 0 Å². The van der Waals surface area contributed by atoms with Gasteiger partial charge in [-0.1, -0.05) is 0 Å². The fourth-order valence-electron chi connectivity index (χ4n) is 1.18. The summed E-state index contributed by atoms with van der Waals surface area (Å²) >= 11 is 3.11. The van der Waals surface area contributed by atoms with Crippen LogP contribution < -0.4 is 0 Å². The summed E-state index contributed by atoms with van der Waals surface area (Å²) in [5.74, 6) is -0.574. The lowest BCUT2D eigenvalue weighted by atomic mass is 10.1. The average molecular weight is 282 g/mol. The Morgan fingerprint density at radius 2 is 2.31 bits per heavy atom. The van der Waals surface area contributed by atoms with E-state index in [1.165, 1.54) is 12.1 Å². The molecule has 0 aliphatic heterocycles. The topological polar surface area (TPSA) is 67.2 Å². The van der Waals surface area contributed by atoms with Gasteiger partial charge < -0.3 is 4.74 Å². The Balaban J connectivity index is 3.32. The predicted molar refractivity (Wildman–Crippen MR) is 60.2 cm³/mol. The van der Waals surface area contributed by atoms with Crippen LogP contribution in [0.5, 0.6) is 0 Å². The molecule has 0 heterocycles. The highest BCUT2D eigenvalue weighted by atomic mass is 79.9. The van der Waals surface area contributed by atoms with E-state index in [1.54, 1.807) is 6.92 Å². The standard InChI is InChI=1S/C11H8BrNO3/c1-2-16-11(15)8-4-3-7(5-13)10(12)9(8)6-14/h3-4,6H,2H2,1H3. The monoisotopic (exact) mass is 281 g/mol. The van der Waals surface area contributed by atoms with E-state index in [0.717, 1.165) is 0 Å². The van der Waals surface area contributed by atoms with Crippen LogP contribution in [0.15, 0.2) is 16.6 Å². The Morgan fingerprint density at radius 1 is 1.62 bits per heavy atom. The van der Waals surface area contributed by atoms with Crippen molar-refractivity contribution in [2.45, 2.75) is 6.92 Å². The Morgan fingerprint density at radius 3 is 2.81 bits per heavy atom. The van der Waals surface area contributed by atoms with Crippen molar-refractivity contribution in [1.29, 1.82) is 5.26 Å². The molecule has 0 saturated carbocycles. The summed E-state index contributed by atoms with van der Waals surface area (Å²) in [6.07, 6.45) is 0.525. The van der Waals surface area contributed by atoms with Crippen LogP contribution in [0, 0.1) is 11.3 Å². The number of esters is 1. The molecule has 0 N–H and O–H groups in total. The molecular weight excluding hydrogens is 274 g/mol. The molecule has 1 aromatic carbocycles. The van der Waals surface area contributed by atoms with Gasteiger partial charge >= 0.3 is 5.97 Å². The molecule has 0 spiro atoms. The molecule has 5 heteroatoms. The minimum atomic E-state index is -0.574. The summed E-state index contributed by atoms with van der Waals surface area (Å²) in [6.45, 7) is 1.91. The molecule has 82 valence electrons. The van der Waals surface area contributed by atoms with E-state index in [1.807, 2.05) is 6.07 Å². The third-order valence-corrected chi connectivity index (χ3v) is 2.77. The third-order valence-electron chi connectivity index (χ3n) is 1.91. The van der Waals surface area contributed by atoms with Gasteiger partial charge in [0, 0.05) is 10.0 Å². The van der Waals surface area contributed by atoms with Crippen molar-refractivity contribution in [3.05, 3.63) is 33.3 Å². The maximum atomic E-state index is 11.5. The number of benzene rings is 1. The van der Waals surface area contributed by atoms with Crippen LogP contribution in [0.1, 0.15) is 33.2 Å². The zero-order valence-electron chi connectivity index (χ0n) is 8.49. The molecule has 0 unspecified atom stereocenters. The second-order valence-electron chi connectivity index (χ2n) is 2.84. The zero-order valence-corrected chi connectivity index (χ0v) is 10.1. The highest BCUT2D eigenvalue weighted by molar-refractivity contribution is 9.10. The number of nitrogens with zero attached hydrogens (tertiary/aromatic N) is 1. The van der Waals surface area contributed by atoms with Crippen LogP contribution >= 0.6 is 15.9 Å². The smallest absolute Gasteiger partial charge is 0.338 e. The second-order valence-corrected chi connectivity index (χ2v) is 3.63. The van der Waals surface area contributed by atoms with Gasteiger partial charge in [0.05, 0.1) is 17.7 Å². The first-order chi connectivity index (χ1) is 7.65. The van der Waals surface area contributed by atoms with Gasteiger partial charge in [-0.25, -0.2) is 4.79 Å². The number of ether oxygens (including phenoxy) is 1. The maximum absolute atomic E-state index is 11.5.